The summed E-state index contributed by atoms with van der Waals surface area (Å²) in [7, 11) is -3.59. The predicted octanol–water partition coefficient (Wildman–Crippen LogP) is 6.19. The van der Waals surface area contributed by atoms with Gasteiger partial charge in [-0.3, -0.25) is 13.9 Å². The molecule has 2 aromatic rings. The molecule has 226 valence electrons. The maximum atomic E-state index is 13.7. The van der Waals surface area contributed by atoms with Crippen LogP contribution >= 0.6 is 23.2 Å². The summed E-state index contributed by atoms with van der Waals surface area (Å²) in [5.41, 5.74) is 1.25. The number of benzene rings is 2. The molecule has 3 rings (SSSR count). The van der Waals surface area contributed by atoms with Gasteiger partial charge in [-0.25, -0.2) is 8.42 Å². The van der Waals surface area contributed by atoms with Gasteiger partial charge < -0.3 is 15.0 Å². The first-order chi connectivity index (χ1) is 19.5. The van der Waals surface area contributed by atoms with E-state index in [1.165, 1.54) is 10.7 Å². The number of hydrogen-bond acceptors (Lipinski definition) is 5. The number of amides is 2. The van der Waals surface area contributed by atoms with Crippen molar-refractivity contribution in [3.05, 3.63) is 58.1 Å². The zero-order valence-corrected chi connectivity index (χ0v) is 26.4. The molecule has 0 unspecified atom stereocenters. The second-order valence-electron chi connectivity index (χ2n) is 10.4. The quantitative estimate of drug-likeness (QED) is 0.270. The third-order valence-electron chi connectivity index (χ3n) is 7.26. The normalized spacial score (nSPS) is 14.8. The van der Waals surface area contributed by atoms with E-state index in [0.29, 0.717) is 34.5 Å². The maximum absolute atomic E-state index is 13.7. The first-order valence-corrected chi connectivity index (χ1v) is 16.9. The molecule has 1 aliphatic carbocycles. The van der Waals surface area contributed by atoms with Gasteiger partial charge in [0.15, 0.2) is 0 Å². The molecule has 1 saturated carbocycles. The largest absolute Gasteiger partial charge is 0.494 e. The summed E-state index contributed by atoms with van der Waals surface area (Å²) < 4.78 is 32.0. The molecule has 1 fully saturated rings. The third-order valence-corrected chi connectivity index (χ3v) is 9.20. The van der Waals surface area contributed by atoms with E-state index in [4.69, 9.17) is 27.9 Å². The number of carbonyl (C=O) groups is 2. The Kier molecular flexibility index (Phi) is 12.6. The minimum Gasteiger partial charge on any atom is -0.494 e. The Hall–Kier alpha value is -2.49. The molecule has 1 atom stereocenters. The summed E-state index contributed by atoms with van der Waals surface area (Å²) in [6.45, 7) is 4.57. The van der Waals surface area contributed by atoms with Gasteiger partial charge in [0.25, 0.3) is 0 Å². The van der Waals surface area contributed by atoms with Crippen LogP contribution in [0.25, 0.3) is 0 Å². The zero-order chi connectivity index (χ0) is 30.0. The molecule has 0 aromatic heterocycles. The van der Waals surface area contributed by atoms with Crippen molar-refractivity contribution in [2.24, 2.45) is 0 Å². The van der Waals surface area contributed by atoms with E-state index in [-0.39, 0.29) is 43.8 Å². The highest BCUT2D eigenvalue weighted by Crippen LogP contribution is 2.26. The predicted molar refractivity (Wildman–Crippen MR) is 165 cm³/mol. The van der Waals surface area contributed by atoms with Crippen molar-refractivity contribution in [1.82, 2.24) is 10.2 Å². The van der Waals surface area contributed by atoms with Gasteiger partial charge in [-0.1, -0.05) is 55.5 Å². The Balaban J connectivity index is 1.76. The Bertz CT molecular complexity index is 1270. The summed E-state index contributed by atoms with van der Waals surface area (Å²) in [6, 6.07) is 11.4. The maximum Gasteiger partial charge on any atom is 0.243 e. The van der Waals surface area contributed by atoms with E-state index >= 15 is 0 Å². The second-order valence-corrected chi connectivity index (χ2v) is 13.1. The molecule has 41 heavy (non-hydrogen) atoms. The molecule has 1 aliphatic rings. The average molecular weight is 627 g/mol. The Morgan fingerprint density at radius 2 is 1.71 bits per heavy atom. The standard InChI is InChI=1S/C30H41Cl2N3O5S/c1-4-28(30(37)33-23-10-7-6-8-11-23)34(21-22-13-18-26(31)27(32)20-22)29(36)12-9-19-35(41(3,38)39)24-14-16-25(17-15-24)40-5-2/h13-18,20,23,28H,4-12,19,21H2,1-3H3,(H,33,37)/t28-/m0/s1. The van der Waals surface area contributed by atoms with E-state index in [2.05, 4.69) is 5.32 Å². The van der Waals surface area contributed by atoms with Crippen LogP contribution in [-0.4, -0.2) is 56.6 Å². The Morgan fingerprint density at radius 3 is 2.29 bits per heavy atom. The second kappa shape index (κ2) is 15.7. The molecular weight excluding hydrogens is 585 g/mol. The van der Waals surface area contributed by atoms with Gasteiger partial charge in [0, 0.05) is 25.6 Å². The number of anilines is 1. The number of sulfonamides is 1. The molecule has 8 nitrogen and oxygen atoms in total. The molecule has 2 aromatic carbocycles. The summed E-state index contributed by atoms with van der Waals surface area (Å²) in [6.07, 6.45) is 7.14. The lowest BCUT2D eigenvalue weighted by Gasteiger charge is -2.33. The van der Waals surface area contributed by atoms with Crippen LogP contribution in [0.4, 0.5) is 5.69 Å². The van der Waals surface area contributed by atoms with Gasteiger partial charge >= 0.3 is 0 Å². The smallest absolute Gasteiger partial charge is 0.243 e. The van der Waals surface area contributed by atoms with Gasteiger partial charge in [0.05, 0.1) is 28.6 Å². The third kappa shape index (κ3) is 9.79. The van der Waals surface area contributed by atoms with Crippen LogP contribution in [0.15, 0.2) is 42.5 Å². The van der Waals surface area contributed by atoms with Gasteiger partial charge in [-0.15, -0.1) is 0 Å². The lowest BCUT2D eigenvalue weighted by atomic mass is 9.95. The van der Waals surface area contributed by atoms with Crippen molar-refractivity contribution in [2.45, 2.75) is 83.8 Å². The Morgan fingerprint density at radius 1 is 1.02 bits per heavy atom. The summed E-state index contributed by atoms with van der Waals surface area (Å²) in [5, 5.41) is 3.94. The SMILES string of the molecule is CCOc1ccc(N(CCCC(=O)N(Cc2ccc(Cl)c(Cl)c2)[C@@H](CC)C(=O)NC2CCCCC2)S(C)(=O)=O)cc1. The van der Waals surface area contributed by atoms with E-state index in [9.17, 15) is 18.0 Å². The van der Waals surface area contributed by atoms with Crippen LogP contribution in [0.3, 0.4) is 0 Å². The van der Waals surface area contributed by atoms with Crippen LogP contribution in [0.2, 0.25) is 10.0 Å². The minimum atomic E-state index is -3.59. The van der Waals surface area contributed by atoms with Gasteiger partial charge in [0.1, 0.15) is 11.8 Å². The van der Waals surface area contributed by atoms with E-state index < -0.39 is 16.1 Å². The molecule has 11 heteroatoms. The van der Waals surface area contributed by atoms with Gasteiger partial charge in [0.2, 0.25) is 21.8 Å². The summed E-state index contributed by atoms with van der Waals surface area (Å²) >= 11 is 12.3. The topological polar surface area (TPSA) is 96.0 Å². The monoisotopic (exact) mass is 625 g/mol. The minimum absolute atomic E-state index is 0.0670. The molecule has 0 spiro atoms. The number of carbonyl (C=O) groups excluding carboxylic acids is 2. The van der Waals surface area contributed by atoms with Crippen molar-refractivity contribution in [3.63, 3.8) is 0 Å². The van der Waals surface area contributed by atoms with Crippen LogP contribution in [-0.2, 0) is 26.2 Å². The number of ether oxygens (including phenoxy) is 1. The number of hydrogen-bond donors (Lipinski definition) is 1. The van der Waals surface area contributed by atoms with Crippen LogP contribution in [0.5, 0.6) is 5.75 Å². The highest BCUT2D eigenvalue weighted by Gasteiger charge is 2.30. The Labute approximate surface area is 254 Å². The number of nitrogens with zero attached hydrogens (tertiary/aromatic N) is 2. The van der Waals surface area contributed by atoms with Crippen molar-refractivity contribution in [1.29, 1.82) is 0 Å². The molecule has 0 saturated heterocycles. The van der Waals surface area contributed by atoms with Crippen LogP contribution < -0.4 is 14.4 Å². The fourth-order valence-electron chi connectivity index (χ4n) is 5.18. The van der Waals surface area contributed by atoms with Gasteiger partial charge in [-0.2, -0.15) is 0 Å². The van der Waals surface area contributed by atoms with Crippen LogP contribution in [0, 0.1) is 0 Å². The first-order valence-electron chi connectivity index (χ1n) is 14.3. The molecule has 0 radical (unpaired) electrons. The van der Waals surface area contributed by atoms with E-state index in [1.54, 1.807) is 47.4 Å². The molecule has 1 N–H and O–H groups in total. The number of rotatable bonds is 14. The van der Waals surface area contributed by atoms with E-state index in [1.807, 2.05) is 13.8 Å². The average Bonchev–Trinajstić information content (AvgIpc) is 2.93. The molecular formula is C30H41Cl2N3O5S. The molecule has 2 amide bonds. The van der Waals surface area contributed by atoms with E-state index in [0.717, 1.165) is 37.5 Å². The summed E-state index contributed by atoms with van der Waals surface area (Å²) in [4.78, 5) is 28.7. The fraction of sp³-hybridized carbons (Fsp3) is 0.533. The van der Waals surface area contributed by atoms with Crippen molar-refractivity contribution < 1.29 is 22.7 Å². The van der Waals surface area contributed by atoms with Crippen molar-refractivity contribution >= 4 is 50.7 Å². The van der Waals surface area contributed by atoms with Gasteiger partial charge in [-0.05, 0) is 74.6 Å². The van der Waals surface area contributed by atoms with Crippen LogP contribution in [0.1, 0.15) is 70.8 Å². The molecule has 0 heterocycles. The number of nitrogens with one attached hydrogen (secondary N) is 1. The molecule has 0 bridgehead atoms. The van der Waals surface area contributed by atoms with Crippen molar-refractivity contribution in [2.75, 3.05) is 23.7 Å². The highest BCUT2D eigenvalue weighted by molar-refractivity contribution is 7.92. The molecule has 0 aliphatic heterocycles. The van der Waals surface area contributed by atoms with Crippen molar-refractivity contribution in [3.8, 4) is 5.75 Å². The first kappa shape index (κ1) is 33.0. The highest BCUT2D eigenvalue weighted by atomic mass is 35.5. The lowest BCUT2D eigenvalue weighted by Crippen LogP contribution is -2.51. The lowest BCUT2D eigenvalue weighted by molar-refractivity contribution is -0.141. The zero-order valence-electron chi connectivity index (χ0n) is 24.1. The fourth-order valence-corrected chi connectivity index (χ4v) is 6.46. The number of halogens is 2. The summed E-state index contributed by atoms with van der Waals surface area (Å²) in [5.74, 6) is 0.247.